The molecule has 6 nitrogen and oxygen atoms in total. The maximum absolute atomic E-state index is 13.4. The van der Waals surface area contributed by atoms with Crippen molar-refractivity contribution in [3.05, 3.63) is 70.9 Å². The van der Waals surface area contributed by atoms with Gasteiger partial charge in [-0.3, -0.25) is 9.59 Å². The quantitative estimate of drug-likeness (QED) is 0.660. The van der Waals surface area contributed by atoms with E-state index in [0.717, 1.165) is 40.8 Å². The molecule has 3 heterocycles. The molecule has 0 saturated carbocycles. The van der Waals surface area contributed by atoms with Crippen molar-refractivity contribution < 1.29 is 9.59 Å². The number of amides is 2. The Morgan fingerprint density at radius 3 is 2.42 bits per heavy atom. The van der Waals surface area contributed by atoms with E-state index in [2.05, 4.69) is 42.6 Å². The van der Waals surface area contributed by atoms with Gasteiger partial charge in [0.15, 0.2) is 0 Å². The molecule has 0 bridgehead atoms. The number of nitrogens with zero attached hydrogens (tertiary/aromatic N) is 4. The Morgan fingerprint density at radius 2 is 1.65 bits per heavy atom. The molecular formula is C25H28N4O2. The Labute approximate surface area is 182 Å². The third-order valence-corrected chi connectivity index (χ3v) is 6.94. The zero-order valence-electron chi connectivity index (χ0n) is 18.3. The van der Waals surface area contributed by atoms with Gasteiger partial charge in [0.1, 0.15) is 6.54 Å². The summed E-state index contributed by atoms with van der Waals surface area (Å²) in [5.74, 6) is -0.0347. The second-order valence-corrected chi connectivity index (χ2v) is 8.68. The van der Waals surface area contributed by atoms with Crippen LogP contribution in [-0.4, -0.2) is 70.9 Å². The molecule has 3 aromatic rings. The Hall–Kier alpha value is -3.12. The number of benzene rings is 2. The highest BCUT2D eigenvalue weighted by atomic mass is 16.2. The van der Waals surface area contributed by atoms with Gasteiger partial charge in [0, 0.05) is 61.0 Å². The summed E-state index contributed by atoms with van der Waals surface area (Å²) in [6, 6.07) is 15.8. The van der Waals surface area contributed by atoms with E-state index in [9.17, 15) is 9.59 Å². The summed E-state index contributed by atoms with van der Waals surface area (Å²) in [7, 11) is 4.13. The van der Waals surface area contributed by atoms with Gasteiger partial charge in [-0.2, -0.15) is 0 Å². The van der Waals surface area contributed by atoms with Crippen molar-refractivity contribution in [2.45, 2.75) is 13.0 Å². The van der Waals surface area contributed by atoms with Gasteiger partial charge in [-0.1, -0.05) is 36.4 Å². The zero-order chi connectivity index (χ0) is 21.7. The van der Waals surface area contributed by atoms with E-state index >= 15 is 0 Å². The maximum atomic E-state index is 13.4. The van der Waals surface area contributed by atoms with E-state index in [1.807, 2.05) is 41.3 Å². The van der Waals surface area contributed by atoms with Gasteiger partial charge in [0.2, 0.25) is 5.91 Å². The second-order valence-electron chi connectivity index (χ2n) is 8.68. The van der Waals surface area contributed by atoms with Gasteiger partial charge in [-0.05, 0) is 31.7 Å². The van der Waals surface area contributed by atoms with E-state index in [4.69, 9.17) is 0 Å². The lowest BCUT2D eigenvalue weighted by molar-refractivity contribution is -0.133. The summed E-state index contributed by atoms with van der Waals surface area (Å²) >= 11 is 0. The fourth-order valence-electron chi connectivity index (χ4n) is 5.04. The molecule has 2 amide bonds. The first kappa shape index (κ1) is 19.8. The molecule has 1 atom stereocenters. The van der Waals surface area contributed by atoms with Crippen LogP contribution in [0.15, 0.2) is 48.5 Å². The maximum Gasteiger partial charge on any atom is 0.255 e. The fraction of sp³-hybridized carbons (Fsp3) is 0.360. The predicted octanol–water partition coefficient (Wildman–Crippen LogP) is 2.81. The van der Waals surface area contributed by atoms with E-state index in [1.54, 1.807) is 4.90 Å². The molecule has 0 aliphatic carbocycles. The molecule has 0 unspecified atom stereocenters. The fourth-order valence-corrected chi connectivity index (χ4v) is 5.04. The van der Waals surface area contributed by atoms with Gasteiger partial charge < -0.3 is 19.3 Å². The molecule has 1 aromatic heterocycles. The third-order valence-electron chi connectivity index (χ3n) is 6.94. The minimum atomic E-state index is -0.258. The summed E-state index contributed by atoms with van der Waals surface area (Å²) in [5.41, 5.74) is 5.05. The van der Waals surface area contributed by atoms with E-state index < -0.39 is 0 Å². The van der Waals surface area contributed by atoms with Crippen LogP contribution in [-0.2, 0) is 11.8 Å². The number of fused-ring (bicyclic) bond motifs is 2. The summed E-state index contributed by atoms with van der Waals surface area (Å²) in [4.78, 5) is 32.5. The Bertz CT molecular complexity index is 1170. The smallest absolute Gasteiger partial charge is 0.255 e. The van der Waals surface area contributed by atoms with Crippen molar-refractivity contribution in [1.82, 2.24) is 19.3 Å². The largest absolute Gasteiger partial charge is 0.348 e. The standard InChI is InChI=1S/C25H28N4O2/c1-17-23(20-10-6-7-11-21(20)27(17)3)24-18-8-4-5-9-19(18)25(31)29(24)16-22(30)28-14-12-26(2)13-15-28/h4-11,24H,12-16H2,1-3H3/t24-/m1/s1. The SMILES string of the molecule is Cc1c([C@H]2c3ccccc3C(=O)N2CC(=O)N2CCN(C)CC2)c2ccccc2n1C. The number of likely N-dealkylation sites (N-methyl/N-ethyl adjacent to an activating group) is 1. The molecule has 2 aromatic carbocycles. The molecule has 0 spiro atoms. The highest BCUT2D eigenvalue weighted by Crippen LogP contribution is 2.43. The van der Waals surface area contributed by atoms with Gasteiger partial charge in [-0.15, -0.1) is 0 Å². The first-order chi connectivity index (χ1) is 15.0. The molecule has 160 valence electrons. The normalized spacial score (nSPS) is 19.3. The molecule has 1 saturated heterocycles. The van der Waals surface area contributed by atoms with Crippen LogP contribution in [0.1, 0.15) is 33.2 Å². The minimum absolute atomic E-state index is 0.0251. The second kappa shape index (κ2) is 7.54. The van der Waals surface area contributed by atoms with Crippen molar-refractivity contribution >= 4 is 22.7 Å². The lowest BCUT2D eigenvalue weighted by atomic mass is 9.95. The molecule has 0 radical (unpaired) electrons. The number of hydrogen-bond acceptors (Lipinski definition) is 3. The van der Waals surface area contributed by atoms with Crippen molar-refractivity contribution in [2.75, 3.05) is 39.8 Å². The minimum Gasteiger partial charge on any atom is -0.348 e. The molecule has 1 fully saturated rings. The molecule has 31 heavy (non-hydrogen) atoms. The van der Waals surface area contributed by atoms with Gasteiger partial charge in [0.25, 0.3) is 5.91 Å². The van der Waals surface area contributed by atoms with Crippen LogP contribution in [0.3, 0.4) is 0 Å². The average molecular weight is 417 g/mol. The van der Waals surface area contributed by atoms with Crippen LogP contribution >= 0.6 is 0 Å². The van der Waals surface area contributed by atoms with Crippen LogP contribution in [0.25, 0.3) is 10.9 Å². The Kier molecular flexibility index (Phi) is 4.82. The lowest BCUT2D eigenvalue weighted by Gasteiger charge is -2.34. The number of aromatic nitrogens is 1. The Balaban J connectivity index is 1.58. The number of aryl methyl sites for hydroxylation is 1. The lowest BCUT2D eigenvalue weighted by Crippen LogP contribution is -2.50. The van der Waals surface area contributed by atoms with Gasteiger partial charge in [0.05, 0.1) is 6.04 Å². The van der Waals surface area contributed by atoms with Crippen molar-refractivity contribution in [2.24, 2.45) is 7.05 Å². The van der Waals surface area contributed by atoms with Gasteiger partial charge >= 0.3 is 0 Å². The van der Waals surface area contributed by atoms with Crippen LogP contribution in [0.5, 0.6) is 0 Å². The first-order valence-corrected chi connectivity index (χ1v) is 10.9. The zero-order valence-corrected chi connectivity index (χ0v) is 18.3. The predicted molar refractivity (Wildman–Crippen MR) is 121 cm³/mol. The average Bonchev–Trinajstić information content (AvgIpc) is 3.20. The van der Waals surface area contributed by atoms with Crippen molar-refractivity contribution in [3.63, 3.8) is 0 Å². The van der Waals surface area contributed by atoms with E-state index in [-0.39, 0.29) is 24.4 Å². The summed E-state index contributed by atoms with van der Waals surface area (Å²) in [6.45, 7) is 5.36. The molecule has 6 heteroatoms. The summed E-state index contributed by atoms with van der Waals surface area (Å²) in [5, 5.41) is 1.13. The number of rotatable bonds is 3. The summed E-state index contributed by atoms with van der Waals surface area (Å²) < 4.78 is 2.18. The number of hydrogen-bond donors (Lipinski definition) is 0. The number of piperazine rings is 1. The molecular weight excluding hydrogens is 388 g/mol. The van der Waals surface area contributed by atoms with Gasteiger partial charge in [-0.25, -0.2) is 0 Å². The number of para-hydroxylation sites is 1. The van der Waals surface area contributed by atoms with Crippen molar-refractivity contribution in [1.29, 1.82) is 0 Å². The highest BCUT2D eigenvalue weighted by molar-refractivity contribution is 6.02. The van der Waals surface area contributed by atoms with Crippen molar-refractivity contribution in [3.8, 4) is 0 Å². The topological polar surface area (TPSA) is 48.8 Å². The first-order valence-electron chi connectivity index (χ1n) is 10.9. The molecule has 2 aliphatic rings. The van der Waals surface area contributed by atoms with Crippen LogP contribution in [0.2, 0.25) is 0 Å². The number of carbonyl (C=O) groups is 2. The molecule has 2 aliphatic heterocycles. The van der Waals surface area contributed by atoms with E-state index in [0.29, 0.717) is 18.7 Å². The van der Waals surface area contributed by atoms with Crippen LogP contribution in [0, 0.1) is 6.92 Å². The Morgan fingerprint density at radius 1 is 0.968 bits per heavy atom. The van der Waals surface area contributed by atoms with Crippen LogP contribution in [0.4, 0.5) is 0 Å². The monoisotopic (exact) mass is 416 g/mol. The van der Waals surface area contributed by atoms with Crippen LogP contribution < -0.4 is 0 Å². The summed E-state index contributed by atoms with van der Waals surface area (Å²) in [6.07, 6.45) is 0. The van der Waals surface area contributed by atoms with E-state index in [1.165, 1.54) is 0 Å². The third kappa shape index (κ3) is 3.13. The highest BCUT2D eigenvalue weighted by Gasteiger charge is 2.41. The number of carbonyl (C=O) groups excluding carboxylic acids is 2. The molecule has 0 N–H and O–H groups in total. The molecule has 5 rings (SSSR count).